The topological polar surface area (TPSA) is 63.9 Å². The van der Waals surface area contributed by atoms with Gasteiger partial charge >= 0.3 is 0 Å². The fourth-order valence-electron chi connectivity index (χ4n) is 4.40. The average molecular weight is 450 g/mol. The second-order valence-electron chi connectivity index (χ2n) is 9.00. The fraction of sp³-hybridized carbons (Fsp3) is 0.360. The summed E-state index contributed by atoms with van der Waals surface area (Å²) in [4.78, 5) is 11.7. The van der Waals surface area contributed by atoms with Gasteiger partial charge in [0.2, 0.25) is 0 Å². The molecule has 1 saturated heterocycles. The third-order valence-corrected chi connectivity index (χ3v) is 5.95. The van der Waals surface area contributed by atoms with Gasteiger partial charge in [0.25, 0.3) is 0 Å². The number of hydrogen-bond donors (Lipinski definition) is 1. The number of halogens is 1. The van der Waals surface area contributed by atoms with E-state index in [1.165, 1.54) is 0 Å². The minimum absolute atomic E-state index is 0.0564. The lowest BCUT2D eigenvalue weighted by Crippen LogP contribution is -2.57. The Morgan fingerprint density at radius 2 is 2.03 bits per heavy atom. The van der Waals surface area contributed by atoms with Crippen LogP contribution >= 0.6 is 0 Å². The van der Waals surface area contributed by atoms with E-state index in [4.69, 9.17) is 14.5 Å². The lowest BCUT2D eigenvalue weighted by Gasteiger charge is -2.40. The summed E-state index contributed by atoms with van der Waals surface area (Å²) in [6, 6.07) is 10.8. The second-order valence-corrected chi connectivity index (χ2v) is 9.00. The van der Waals surface area contributed by atoms with Crippen molar-refractivity contribution >= 4 is 22.2 Å². The maximum Gasteiger partial charge on any atom is 0.140 e. The van der Waals surface area contributed by atoms with Crippen molar-refractivity contribution in [3.63, 3.8) is 0 Å². The van der Waals surface area contributed by atoms with Gasteiger partial charge in [-0.2, -0.15) is 0 Å². The molecule has 4 aromatic rings. The number of anilines is 1. The molecule has 172 valence electrons. The van der Waals surface area contributed by atoms with E-state index in [-0.39, 0.29) is 11.4 Å². The van der Waals surface area contributed by atoms with Crippen molar-refractivity contribution in [3.8, 4) is 17.1 Å². The summed E-state index contributed by atoms with van der Waals surface area (Å²) in [5.41, 5.74) is 3.98. The van der Waals surface area contributed by atoms with Gasteiger partial charge < -0.3 is 19.7 Å². The number of nitrogens with one attached hydrogen (secondary N) is 1. The number of benzene rings is 1. The predicted octanol–water partition coefficient (Wildman–Crippen LogP) is 3.90. The Kier molecular flexibility index (Phi) is 5.64. The highest BCUT2D eigenvalue weighted by Gasteiger charge is 2.27. The van der Waals surface area contributed by atoms with Gasteiger partial charge in [-0.3, -0.25) is 4.40 Å². The van der Waals surface area contributed by atoms with Crippen molar-refractivity contribution in [2.45, 2.75) is 19.4 Å². The first-order valence-electron chi connectivity index (χ1n) is 11.1. The molecule has 0 aliphatic carbocycles. The van der Waals surface area contributed by atoms with E-state index in [0.717, 1.165) is 59.0 Å². The normalized spacial score (nSPS) is 15.9. The summed E-state index contributed by atoms with van der Waals surface area (Å²) < 4.78 is 27.2. The Hall–Kier alpha value is -3.23. The van der Waals surface area contributed by atoms with E-state index in [1.807, 2.05) is 34.9 Å². The third-order valence-electron chi connectivity index (χ3n) is 5.95. The highest BCUT2D eigenvalue weighted by molar-refractivity contribution is 5.92. The Morgan fingerprint density at radius 3 is 2.85 bits per heavy atom. The van der Waals surface area contributed by atoms with Crippen LogP contribution in [0, 0.1) is 5.82 Å². The molecule has 4 heterocycles. The van der Waals surface area contributed by atoms with Gasteiger partial charge in [0, 0.05) is 49.9 Å². The van der Waals surface area contributed by atoms with Gasteiger partial charge in [-0.05, 0) is 38.1 Å². The van der Waals surface area contributed by atoms with Gasteiger partial charge in [0.15, 0.2) is 0 Å². The van der Waals surface area contributed by atoms with Crippen LogP contribution < -0.4 is 15.0 Å². The first-order chi connectivity index (χ1) is 15.9. The van der Waals surface area contributed by atoms with Crippen molar-refractivity contribution in [2.24, 2.45) is 0 Å². The minimum atomic E-state index is -0.251. The Labute approximate surface area is 192 Å². The summed E-state index contributed by atoms with van der Waals surface area (Å²) >= 11 is 0. The molecule has 33 heavy (non-hydrogen) atoms. The van der Waals surface area contributed by atoms with E-state index in [2.05, 4.69) is 29.0 Å². The number of rotatable bonds is 6. The second kappa shape index (κ2) is 8.61. The summed E-state index contributed by atoms with van der Waals surface area (Å²) in [5.74, 6) is 0.487. The number of imidazole rings is 1. The van der Waals surface area contributed by atoms with Crippen molar-refractivity contribution in [1.82, 2.24) is 19.7 Å². The number of aromatic nitrogens is 3. The van der Waals surface area contributed by atoms with Crippen LogP contribution in [0.5, 0.6) is 5.75 Å². The predicted molar refractivity (Wildman–Crippen MR) is 128 cm³/mol. The molecule has 3 aromatic heterocycles. The molecule has 0 amide bonds. The maximum atomic E-state index is 14.5. The van der Waals surface area contributed by atoms with Crippen LogP contribution in [0.4, 0.5) is 10.1 Å². The molecule has 1 N–H and O–H groups in total. The van der Waals surface area contributed by atoms with Crippen molar-refractivity contribution < 1.29 is 13.9 Å². The zero-order chi connectivity index (χ0) is 23.0. The Morgan fingerprint density at radius 1 is 1.15 bits per heavy atom. The van der Waals surface area contributed by atoms with Crippen LogP contribution in [0.25, 0.3) is 27.9 Å². The third kappa shape index (κ3) is 4.36. The smallest absolute Gasteiger partial charge is 0.140 e. The molecule has 5 rings (SSSR count). The Balaban J connectivity index is 1.54. The molecule has 1 fully saturated rings. The number of piperazine rings is 1. The molecule has 7 nitrogen and oxygen atoms in total. The van der Waals surface area contributed by atoms with Crippen LogP contribution in [0.15, 0.2) is 48.8 Å². The molecule has 0 bridgehead atoms. The molecular weight excluding hydrogens is 421 g/mol. The van der Waals surface area contributed by atoms with Crippen LogP contribution in [0.1, 0.15) is 13.8 Å². The first kappa shape index (κ1) is 21.6. The first-order valence-corrected chi connectivity index (χ1v) is 11.1. The molecule has 1 aliphatic rings. The number of nitrogens with zero attached hydrogens (tertiary/aromatic N) is 4. The summed E-state index contributed by atoms with van der Waals surface area (Å²) in [6.07, 6.45) is 3.73. The van der Waals surface area contributed by atoms with Crippen molar-refractivity contribution in [1.29, 1.82) is 0 Å². The number of methoxy groups -OCH3 is 1. The maximum absolute atomic E-state index is 14.5. The number of ether oxygens (including phenoxy) is 2. The van der Waals surface area contributed by atoms with Gasteiger partial charge in [0.1, 0.15) is 23.8 Å². The molecule has 1 aromatic carbocycles. The number of hydrogen-bond acceptors (Lipinski definition) is 6. The van der Waals surface area contributed by atoms with Gasteiger partial charge in [-0.25, -0.2) is 14.4 Å². The lowest BCUT2D eigenvalue weighted by molar-refractivity contribution is 0.146. The van der Waals surface area contributed by atoms with Crippen LogP contribution in [-0.2, 0) is 4.74 Å². The fourth-order valence-corrected chi connectivity index (χ4v) is 4.40. The summed E-state index contributed by atoms with van der Waals surface area (Å²) in [7, 11) is 1.65. The molecule has 1 aliphatic heterocycles. The monoisotopic (exact) mass is 449 g/mol. The SMILES string of the molecule is COCCOc1ccn2c(-c3ccc4cc(F)cc(N5CCNC(C)(C)C5)c4n3)cnc2c1. The minimum Gasteiger partial charge on any atom is -0.491 e. The molecular formula is C25H28FN5O2. The quantitative estimate of drug-likeness (QED) is 0.451. The van der Waals surface area contributed by atoms with E-state index in [9.17, 15) is 4.39 Å². The molecule has 8 heteroatoms. The molecule has 0 radical (unpaired) electrons. The largest absolute Gasteiger partial charge is 0.491 e. The average Bonchev–Trinajstić information content (AvgIpc) is 3.21. The highest BCUT2D eigenvalue weighted by atomic mass is 19.1. The Bertz CT molecular complexity index is 1300. The summed E-state index contributed by atoms with van der Waals surface area (Å²) in [5, 5.41) is 4.30. The van der Waals surface area contributed by atoms with Gasteiger partial charge in [-0.1, -0.05) is 6.07 Å². The summed E-state index contributed by atoms with van der Waals surface area (Å²) in [6.45, 7) is 7.74. The molecule has 0 atom stereocenters. The van der Waals surface area contributed by atoms with Gasteiger partial charge in [-0.15, -0.1) is 0 Å². The highest BCUT2D eigenvalue weighted by Crippen LogP contribution is 2.31. The van der Waals surface area contributed by atoms with E-state index >= 15 is 0 Å². The molecule has 0 saturated carbocycles. The number of fused-ring (bicyclic) bond motifs is 2. The van der Waals surface area contributed by atoms with Crippen molar-refractivity contribution in [3.05, 3.63) is 54.6 Å². The standard InChI is InChI=1S/C25H28FN5O2/c1-25(2)16-30(9-7-28-25)21-13-18(26)12-17-4-5-20(29-24(17)21)22-15-27-23-14-19(6-8-31(22)23)33-11-10-32-3/h4-6,8,12-15,28H,7,9-11,16H2,1-3H3. The van der Waals surface area contributed by atoms with Crippen LogP contribution in [0.3, 0.4) is 0 Å². The van der Waals surface area contributed by atoms with Crippen LogP contribution in [-0.4, -0.2) is 59.9 Å². The zero-order valence-electron chi connectivity index (χ0n) is 19.1. The number of pyridine rings is 2. The van der Waals surface area contributed by atoms with E-state index in [1.54, 1.807) is 25.4 Å². The zero-order valence-corrected chi connectivity index (χ0v) is 19.1. The van der Waals surface area contributed by atoms with Crippen LogP contribution in [0.2, 0.25) is 0 Å². The van der Waals surface area contributed by atoms with E-state index in [0.29, 0.717) is 13.2 Å². The van der Waals surface area contributed by atoms with E-state index < -0.39 is 0 Å². The molecule has 0 unspecified atom stereocenters. The van der Waals surface area contributed by atoms with Crippen molar-refractivity contribution in [2.75, 3.05) is 44.9 Å². The lowest BCUT2D eigenvalue weighted by atomic mass is 10.0. The van der Waals surface area contributed by atoms with Gasteiger partial charge in [0.05, 0.1) is 35.4 Å². The molecule has 0 spiro atoms.